The Kier molecular flexibility index (Phi) is 3.56. The van der Waals surface area contributed by atoms with E-state index in [0.29, 0.717) is 5.75 Å². The maximum Gasteiger partial charge on any atom is 0.115 e. The van der Waals surface area contributed by atoms with Gasteiger partial charge in [-0.25, -0.2) is 0 Å². The summed E-state index contributed by atoms with van der Waals surface area (Å²) in [6, 6.07) is 7.05. The average Bonchev–Trinajstić information content (AvgIpc) is 1.77. The molecule has 0 fully saturated rings. The van der Waals surface area contributed by atoms with Crippen LogP contribution in [0.2, 0.25) is 0 Å². The molecule has 2 nitrogen and oxygen atoms in total. The van der Waals surface area contributed by atoms with Gasteiger partial charge in [0, 0.05) is 3.57 Å². The number of aromatic hydroxyl groups is 1. The van der Waals surface area contributed by atoms with Gasteiger partial charge in [-0.15, -0.1) is 0 Å². The number of phenolic OH excluding ortho intramolecular Hbond substituents is 1. The third-order valence-electron chi connectivity index (χ3n) is 0.827. The molecule has 0 aliphatic carbocycles. The zero-order valence-electron chi connectivity index (χ0n) is 4.84. The molecule has 3 heteroatoms. The minimum atomic E-state index is 0. The van der Waals surface area contributed by atoms with Crippen LogP contribution in [0.1, 0.15) is 0 Å². The van der Waals surface area contributed by atoms with Crippen molar-refractivity contribution in [1.82, 2.24) is 6.15 Å². The van der Waals surface area contributed by atoms with Crippen molar-refractivity contribution in [2.45, 2.75) is 0 Å². The molecule has 50 valence electrons. The Morgan fingerprint density at radius 1 is 1.11 bits per heavy atom. The summed E-state index contributed by atoms with van der Waals surface area (Å²) < 4.78 is 1.14. The first kappa shape index (κ1) is 8.71. The fourth-order valence-electron chi connectivity index (χ4n) is 0.441. The number of halogens is 1. The molecule has 0 spiro atoms. The van der Waals surface area contributed by atoms with Crippen LogP contribution in [0.4, 0.5) is 0 Å². The number of rotatable bonds is 0. The van der Waals surface area contributed by atoms with Crippen LogP contribution >= 0.6 is 22.6 Å². The van der Waals surface area contributed by atoms with Gasteiger partial charge in [-0.1, -0.05) is 0 Å². The maximum absolute atomic E-state index is 8.75. The van der Waals surface area contributed by atoms with Gasteiger partial charge in [0.15, 0.2) is 0 Å². The summed E-state index contributed by atoms with van der Waals surface area (Å²) >= 11 is 2.19. The van der Waals surface area contributed by atoms with Crippen molar-refractivity contribution >= 4 is 22.6 Å². The molecule has 0 atom stereocenters. The van der Waals surface area contributed by atoms with Crippen LogP contribution in [-0.4, -0.2) is 5.11 Å². The minimum absolute atomic E-state index is 0. The number of hydrogen-bond acceptors (Lipinski definition) is 2. The number of phenols is 1. The van der Waals surface area contributed by atoms with E-state index in [-0.39, 0.29) is 6.15 Å². The van der Waals surface area contributed by atoms with E-state index in [0.717, 1.165) is 3.57 Å². The van der Waals surface area contributed by atoms with Crippen molar-refractivity contribution in [2.75, 3.05) is 0 Å². The topological polar surface area (TPSA) is 55.2 Å². The van der Waals surface area contributed by atoms with E-state index in [1.54, 1.807) is 12.1 Å². The van der Waals surface area contributed by atoms with Gasteiger partial charge in [0.1, 0.15) is 5.75 Å². The molecule has 1 aromatic rings. The monoisotopic (exact) mass is 237 g/mol. The summed E-state index contributed by atoms with van der Waals surface area (Å²) in [5.41, 5.74) is 0. The first-order valence-corrected chi connectivity index (χ1v) is 3.31. The van der Waals surface area contributed by atoms with Crippen molar-refractivity contribution < 1.29 is 5.11 Å². The Morgan fingerprint density at radius 3 is 1.89 bits per heavy atom. The van der Waals surface area contributed by atoms with Crippen LogP contribution in [0, 0.1) is 3.57 Å². The highest BCUT2D eigenvalue weighted by molar-refractivity contribution is 14.1. The SMILES string of the molecule is N.Oc1ccc(I)cc1. The molecule has 0 unspecified atom stereocenters. The summed E-state index contributed by atoms with van der Waals surface area (Å²) in [7, 11) is 0. The molecule has 1 rings (SSSR count). The molecule has 0 saturated carbocycles. The van der Waals surface area contributed by atoms with Crippen LogP contribution in [0.3, 0.4) is 0 Å². The molecule has 0 saturated heterocycles. The molecule has 0 radical (unpaired) electrons. The van der Waals surface area contributed by atoms with Gasteiger partial charge in [-0.3, -0.25) is 0 Å². The quantitative estimate of drug-likeness (QED) is 0.679. The Balaban J connectivity index is 0.000000640. The molecular weight excluding hydrogens is 229 g/mol. The average molecular weight is 237 g/mol. The van der Waals surface area contributed by atoms with Gasteiger partial charge in [0.2, 0.25) is 0 Å². The molecule has 0 aromatic heterocycles. The third kappa shape index (κ3) is 2.67. The summed E-state index contributed by atoms with van der Waals surface area (Å²) in [4.78, 5) is 0. The third-order valence-corrected chi connectivity index (χ3v) is 1.55. The van der Waals surface area contributed by atoms with Crippen LogP contribution in [0.25, 0.3) is 0 Å². The van der Waals surface area contributed by atoms with E-state index >= 15 is 0 Å². The van der Waals surface area contributed by atoms with E-state index in [2.05, 4.69) is 22.6 Å². The zero-order valence-corrected chi connectivity index (χ0v) is 7.00. The lowest BCUT2D eigenvalue weighted by Gasteiger charge is -1.87. The number of benzene rings is 1. The lowest BCUT2D eigenvalue weighted by molar-refractivity contribution is 0.475. The predicted molar refractivity (Wildman–Crippen MR) is 45.8 cm³/mol. The maximum atomic E-state index is 8.75. The molecule has 1 aromatic carbocycles. The molecule has 4 N–H and O–H groups in total. The highest BCUT2D eigenvalue weighted by atomic mass is 127. The summed E-state index contributed by atoms with van der Waals surface area (Å²) in [5.74, 6) is 0.324. The highest BCUT2D eigenvalue weighted by Crippen LogP contribution is 2.10. The second-order valence-corrected chi connectivity index (χ2v) is 2.72. The van der Waals surface area contributed by atoms with Gasteiger partial charge in [0.05, 0.1) is 0 Å². The van der Waals surface area contributed by atoms with Gasteiger partial charge in [0.25, 0.3) is 0 Å². The van der Waals surface area contributed by atoms with Crippen molar-refractivity contribution in [3.05, 3.63) is 27.8 Å². The fourth-order valence-corrected chi connectivity index (χ4v) is 0.801. The van der Waals surface area contributed by atoms with E-state index in [9.17, 15) is 0 Å². The summed E-state index contributed by atoms with van der Waals surface area (Å²) in [6.07, 6.45) is 0. The minimum Gasteiger partial charge on any atom is -0.508 e. The van der Waals surface area contributed by atoms with Gasteiger partial charge >= 0.3 is 0 Å². The van der Waals surface area contributed by atoms with Crippen LogP contribution in [0.15, 0.2) is 24.3 Å². The summed E-state index contributed by atoms with van der Waals surface area (Å²) in [5, 5.41) is 8.75. The Morgan fingerprint density at radius 2 is 1.56 bits per heavy atom. The summed E-state index contributed by atoms with van der Waals surface area (Å²) in [6.45, 7) is 0. The smallest absolute Gasteiger partial charge is 0.115 e. The number of hydrogen-bond donors (Lipinski definition) is 2. The van der Waals surface area contributed by atoms with E-state index in [1.165, 1.54) is 0 Å². The molecule has 0 aliphatic heterocycles. The van der Waals surface area contributed by atoms with Gasteiger partial charge < -0.3 is 11.3 Å². The molecule has 0 heterocycles. The van der Waals surface area contributed by atoms with Crippen LogP contribution in [-0.2, 0) is 0 Å². The van der Waals surface area contributed by atoms with E-state index in [4.69, 9.17) is 5.11 Å². The largest absolute Gasteiger partial charge is 0.508 e. The van der Waals surface area contributed by atoms with E-state index < -0.39 is 0 Å². The lowest BCUT2D eigenvalue weighted by atomic mass is 10.3. The van der Waals surface area contributed by atoms with Crippen LogP contribution < -0.4 is 6.15 Å². The van der Waals surface area contributed by atoms with Crippen molar-refractivity contribution in [3.63, 3.8) is 0 Å². The standard InChI is InChI=1S/C6H5IO.H3N/c7-5-1-3-6(8)4-2-5;/h1-4,8H;1H3. The molecule has 9 heavy (non-hydrogen) atoms. The van der Waals surface area contributed by atoms with Crippen molar-refractivity contribution in [3.8, 4) is 5.75 Å². The Bertz CT molecular complexity index is 152. The second-order valence-electron chi connectivity index (χ2n) is 1.48. The normalized spacial score (nSPS) is 8.11. The highest BCUT2D eigenvalue weighted by Gasteiger charge is 1.83. The molecule has 0 bridgehead atoms. The Labute approximate surface area is 67.6 Å². The Hall–Kier alpha value is -0.290. The first-order chi connectivity index (χ1) is 3.79. The predicted octanol–water partition coefficient (Wildman–Crippen LogP) is 2.16. The van der Waals surface area contributed by atoms with Crippen molar-refractivity contribution in [1.29, 1.82) is 0 Å². The molecular formula is C6H8INO. The first-order valence-electron chi connectivity index (χ1n) is 2.23. The van der Waals surface area contributed by atoms with Crippen LogP contribution in [0.5, 0.6) is 5.75 Å². The fraction of sp³-hybridized carbons (Fsp3) is 0. The molecule has 0 amide bonds. The molecule has 0 aliphatic rings. The zero-order chi connectivity index (χ0) is 5.98. The van der Waals surface area contributed by atoms with E-state index in [1.807, 2.05) is 12.1 Å². The second kappa shape index (κ2) is 3.68. The van der Waals surface area contributed by atoms with Gasteiger partial charge in [-0.2, -0.15) is 0 Å². The lowest BCUT2D eigenvalue weighted by Crippen LogP contribution is -1.65. The van der Waals surface area contributed by atoms with Crippen molar-refractivity contribution in [2.24, 2.45) is 0 Å². The van der Waals surface area contributed by atoms with Gasteiger partial charge in [-0.05, 0) is 46.9 Å².